The number of halogens is 3. The van der Waals surface area contributed by atoms with Gasteiger partial charge in [-0.1, -0.05) is 13.8 Å². The third kappa shape index (κ3) is 7.17. The fourth-order valence-electron chi connectivity index (χ4n) is 5.02. The topological polar surface area (TPSA) is 123 Å². The van der Waals surface area contributed by atoms with Gasteiger partial charge in [0.15, 0.2) is 23.3 Å². The van der Waals surface area contributed by atoms with Crippen LogP contribution in [0.4, 0.5) is 19.1 Å². The first kappa shape index (κ1) is 28.6. The number of anilines is 1. The number of amides is 1. The predicted octanol–water partition coefficient (Wildman–Crippen LogP) is 3.19. The number of piperidine rings is 1. The Kier molecular flexibility index (Phi) is 9.26. The van der Waals surface area contributed by atoms with Crippen molar-refractivity contribution in [2.75, 3.05) is 37.7 Å². The summed E-state index contributed by atoms with van der Waals surface area (Å²) in [7, 11) is 0. The van der Waals surface area contributed by atoms with Crippen LogP contribution in [0, 0.1) is 29.3 Å². The monoisotopic (exact) mass is 547 g/mol. The summed E-state index contributed by atoms with van der Waals surface area (Å²) in [6.07, 6.45) is 7.03. The molecule has 2 aromatic rings. The Labute approximate surface area is 226 Å². The Balaban J connectivity index is 1.20. The average molecular weight is 548 g/mol. The zero-order valence-corrected chi connectivity index (χ0v) is 22.3. The molecule has 1 amide bonds. The summed E-state index contributed by atoms with van der Waals surface area (Å²) >= 11 is 0. The molecule has 2 fully saturated rings. The van der Waals surface area contributed by atoms with E-state index in [1.54, 1.807) is 31.1 Å². The minimum absolute atomic E-state index is 0.0485. The molecule has 12 heteroatoms. The van der Waals surface area contributed by atoms with Gasteiger partial charge in [-0.15, -0.1) is 0 Å². The SMILES string of the molecule is CC(C)C(=O)N=C(N)N1CCC(CCCOc2cnc(N3C[C@H](c4cc(F)c(F)cc4F)[C@@H](N)C3)nc2)CC1. The zero-order valence-electron chi connectivity index (χ0n) is 22.3. The van der Waals surface area contributed by atoms with Crippen LogP contribution in [-0.4, -0.2) is 65.6 Å². The van der Waals surface area contributed by atoms with Gasteiger partial charge in [-0.3, -0.25) is 4.79 Å². The van der Waals surface area contributed by atoms with Crippen molar-refractivity contribution in [2.24, 2.45) is 28.3 Å². The Morgan fingerprint density at radius 2 is 1.77 bits per heavy atom. The highest BCUT2D eigenvalue weighted by atomic mass is 19.2. The molecule has 0 spiro atoms. The highest BCUT2D eigenvalue weighted by Gasteiger charge is 2.35. The van der Waals surface area contributed by atoms with Crippen molar-refractivity contribution >= 4 is 17.8 Å². The molecule has 0 unspecified atom stereocenters. The van der Waals surface area contributed by atoms with Gasteiger partial charge >= 0.3 is 0 Å². The summed E-state index contributed by atoms with van der Waals surface area (Å²) in [4.78, 5) is 28.3. The first-order chi connectivity index (χ1) is 18.6. The number of nitrogens with zero attached hydrogens (tertiary/aromatic N) is 5. The molecule has 1 aromatic carbocycles. The minimum Gasteiger partial charge on any atom is -0.490 e. The third-order valence-electron chi connectivity index (χ3n) is 7.38. The van der Waals surface area contributed by atoms with Crippen molar-refractivity contribution in [2.45, 2.75) is 51.5 Å². The molecule has 2 aliphatic rings. The Hall–Kier alpha value is -3.41. The molecule has 39 heavy (non-hydrogen) atoms. The van der Waals surface area contributed by atoms with Crippen molar-refractivity contribution in [1.82, 2.24) is 14.9 Å². The first-order valence-electron chi connectivity index (χ1n) is 13.3. The lowest BCUT2D eigenvalue weighted by Gasteiger charge is -2.32. The van der Waals surface area contributed by atoms with Crippen LogP contribution in [0.1, 0.15) is 51.0 Å². The van der Waals surface area contributed by atoms with Crippen LogP contribution >= 0.6 is 0 Å². The number of aliphatic imine (C=N–C) groups is 1. The highest BCUT2D eigenvalue weighted by Crippen LogP contribution is 2.31. The molecule has 4 rings (SSSR count). The molecule has 4 N–H and O–H groups in total. The lowest BCUT2D eigenvalue weighted by molar-refractivity contribution is -0.120. The summed E-state index contributed by atoms with van der Waals surface area (Å²) in [5, 5.41) is 0. The standard InChI is InChI=1S/C27H36F3N7O2/c1-16(2)25(38)35-26(32)36-7-5-17(6-8-36)4-3-9-39-18-12-33-27(34-13-18)37-14-20(24(31)15-37)19-10-22(29)23(30)11-21(19)28/h10-13,16-17,20,24H,3-9,14-15,31H2,1-2H3,(H2,32,35,38)/t20-,24+/m1/s1. The quantitative estimate of drug-likeness (QED) is 0.224. The van der Waals surface area contributed by atoms with Crippen LogP contribution in [0.3, 0.4) is 0 Å². The van der Waals surface area contributed by atoms with E-state index in [0.29, 0.717) is 42.8 Å². The van der Waals surface area contributed by atoms with Crippen molar-refractivity contribution < 1.29 is 22.7 Å². The predicted molar refractivity (Wildman–Crippen MR) is 142 cm³/mol. The van der Waals surface area contributed by atoms with Gasteiger partial charge < -0.3 is 26.0 Å². The lowest BCUT2D eigenvalue weighted by atomic mass is 9.92. The van der Waals surface area contributed by atoms with E-state index < -0.39 is 29.4 Å². The van der Waals surface area contributed by atoms with Gasteiger partial charge in [0.05, 0.1) is 19.0 Å². The van der Waals surface area contributed by atoms with Gasteiger partial charge in [-0.25, -0.2) is 23.1 Å². The van der Waals surface area contributed by atoms with Gasteiger partial charge in [0, 0.05) is 50.1 Å². The normalized spacial score (nSPS) is 20.6. The fourth-order valence-corrected chi connectivity index (χ4v) is 5.02. The van der Waals surface area contributed by atoms with E-state index >= 15 is 0 Å². The van der Waals surface area contributed by atoms with Crippen molar-refractivity contribution in [3.05, 3.63) is 47.5 Å². The van der Waals surface area contributed by atoms with Gasteiger partial charge in [0.25, 0.3) is 5.91 Å². The molecule has 2 saturated heterocycles. The molecule has 212 valence electrons. The molecular formula is C27H36F3N7O2. The second-order valence-electron chi connectivity index (χ2n) is 10.6. The molecule has 0 bridgehead atoms. The lowest BCUT2D eigenvalue weighted by Crippen LogP contribution is -2.43. The van der Waals surface area contributed by atoms with Gasteiger partial charge in [0.2, 0.25) is 5.95 Å². The van der Waals surface area contributed by atoms with E-state index in [4.69, 9.17) is 16.2 Å². The van der Waals surface area contributed by atoms with Crippen LogP contribution in [0.5, 0.6) is 5.75 Å². The second-order valence-corrected chi connectivity index (χ2v) is 10.6. The number of carbonyl (C=O) groups is 1. The first-order valence-corrected chi connectivity index (χ1v) is 13.3. The Bertz CT molecular complexity index is 1170. The number of hydrogen-bond donors (Lipinski definition) is 2. The highest BCUT2D eigenvalue weighted by molar-refractivity contribution is 5.93. The average Bonchev–Trinajstić information content (AvgIpc) is 3.30. The number of ether oxygens (including phenoxy) is 1. The van der Waals surface area contributed by atoms with E-state index in [2.05, 4.69) is 15.0 Å². The number of rotatable bonds is 8. The number of benzene rings is 1. The van der Waals surface area contributed by atoms with Crippen molar-refractivity contribution in [3.8, 4) is 5.75 Å². The van der Waals surface area contributed by atoms with Gasteiger partial charge in [-0.2, -0.15) is 4.99 Å². The van der Waals surface area contributed by atoms with Crippen LogP contribution in [0.2, 0.25) is 0 Å². The van der Waals surface area contributed by atoms with Gasteiger partial charge in [0.1, 0.15) is 5.82 Å². The zero-order chi connectivity index (χ0) is 28.1. The summed E-state index contributed by atoms with van der Waals surface area (Å²) in [6, 6.07) is 0.941. The molecular weight excluding hydrogens is 511 g/mol. The fraction of sp³-hybridized carbons (Fsp3) is 0.556. The van der Waals surface area contributed by atoms with E-state index in [1.807, 2.05) is 4.90 Å². The van der Waals surface area contributed by atoms with Crippen LogP contribution in [-0.2, 0) is 4.79 Å². The van der Waals surface area contributed by atoms with Crippen molar-refractivity contribution in [3.63, 3.8) is 0 Å². The van der Waals surface area contributed by atoms with Crippen LogP contribution < -0.4 is 21.1 Å². The summed E-state index contributed by atoms with van der Waals surface area (Å²) in [5.74, 6) is -2.21. The largest absolute Gasteiger partial charge is 0.490 e. The summed E-state index contributed by atoms with van der Waals surface area (Å²) in [6.45, 7) is 6.34. The number of carbonyl (C=O) groups excluding carboxylic acids is 1. The minimum atomic E-state index is -1.23. The molecule has 3 heterocycles. The molecule has 9 nitrogen and oxygen atoms in total. The number of hydrogen-bond acceptors (Lipinski definition) is 6. The van der Waals surface area contributed by atoms with Crippen molar-refractivity contribution in [1.29, 1.82) is 0 Å². The maximum Gasteiger partial charge on any atom is 0.251 e. The molecule has 2 atom stereocenters. The molecule has 1 aromatic heterocycles. The van der Waals surface area contributed by atoms with E-state index in [0.717, 1.165) is 44.8 Å². The molecule has 0 aliphatic carbocycles. The number of likely N-dealkylation sites (tertiary alicyclic amines) is 1. The third-order valence-corrected chi connectivity index (χ3v) is 7.38. The smallest absolute Gasteiger partial charge is 0.251 e. The van der Waals surface area contributed by atoms with Gasteiger partial charge in [-0.05, 0) is 43.2 Å². The van der Waals surface area contributed by atoms with E-state index in [-0.39, 0.29) is 23.9 Å². The molecule has 0 radical (unpaired) electrons. The Morgan fingerprint density at radius 3 is 2.44 bits per heavy atom. The second kappa shape index (κ2) is 12.6. The van der Waals surface area contributed by atoms with Crippen LogP contribution in [0.15, 0.2) is 29.5 Å². The maximum atomic E-state index is 14.3. The van der Waals surface area contributed by atoms with E-state index in [9.17, 15) is 18.0 Å². The summed E-state index contributed by atoms with van der Waals surface area (Å²) in [5.41, 5.74) is 12.2. The number of guanidine groups is 1. The number of nitrogens with two attached hydrogens (primary N) is 2. The summed E-state index contributed by atoms with van der Waals surface area (Å²) < 4.78 is 47.1. The number of aromatic nitrogens is 2. The van der Waals surface area contributed by atoms with E-state index in [1.165, 1.54) is 0 Å². The molecule has 0 saturated carbocycles. The molecule has 2 aliphatic heterocycles. The maximum absolute atomic E-state index is 14.3. The van der Waals surface area contributed by atoms with Crippen LogP contribution in [0.25, 0.3) is 0 Å². The Morgan fingerprint density at radius 1 is 1.10 bits per heavy atom.